The minimum absolute atomic E-state index is 0.0181. The number of hydrogen-bond donors (Lipinski definition) is 0. The van der Waals surface area contributed by atoms with Crippen LogP contribution in [0.25, 0.3) is 0 Å². The molecule has 0 spiro atoms. The van der Waals surface area contributed by atoms with Crippen LogP contribution in [0.3, 0.4) is 0 Å². The van der Waals surface area contributed by atoms with E-state index in [-0.39, 0.29) is 5.56 Å². The second-order valence-corrected chi connectivity index (χ2v) is 6.46. The van der Waals surface area contributed by atoms with Crippen LogP contribution in [0.15, 0.2) is 35.1 Å². The van der Waals surface area contributed by atoms with E-state index in [2.05, 4.69) is 28.9 Å². The van der Waals surface area contributed by atoms with Gasteiger partial charge in [0.1, 0.15) is 0 Å². The Morgan fingerprint density at radius 3 is 2.71 bits per heavy atom. The summed E-state index contributed by atoms with van der Waals surface area (Å²) in [6.07, 6.45) is 5.25. The van der Waals surface area contributed by atoms with Gasteiger partial charge < -0.3 is 4.90 Å². The highest BCUT2D eigenvalue weighted by molar-refractivity contribution is 7.15. The summed E-state index contributed by atoms with van der Waals surface area (Å²) < 4.78 is 0. The van der Waals surface area contributed by atoms with E-state index in [1.807, 2.05) is 18.2 Å². The Morgan fingerprint density at radius 2 is 1.95 bits per heavy atom. The molecule has 0 unspecified atom stereocenters. The molecule has 0 N–H and O–H groups in total. The highest BCUT2D eigenvalue weighted by Crippen LogP contribution is 2.31. The van der Waals surface area contributed by atoms with Crippen LogP contribution in [0, 0.1) is 0 Å². The van der Waals surface area contributed by atoms with Gasteiger partial charge in [-0.15, -0.1) is 11.3 Å². The van der Waals surface area contributed by atoms with E-state index < -0.39 is 0 Å². The van der Waals surface area contributed by atoms with Crippen molar-refractivity contribution in [1.82, 2.24) is 4.98 Å². The summed E-state index contributed by atoms with van der Waals surface area (Å²) in [5.41, 5.74) is 2.05. The van der Waals surface area contributed by atoms with Gasteiger partial charge in [0.2, 0.25) is 0 Å². The zero-order valence-electron chi connectivity index (χ0n) is 12.3. The predicted octanol–water partition coefficient (Wildman–Crippen LogP) is 3.93. The van der Waals surface area contributed by atoms with Crippen molar-refractivity contribution in [3.05, 3.63) is 51.1 Å². The molecule has 110 valence electrons. The van der Waals surface area contributed by atoms with Crippen LogP contribution in [0.4, 0.5) is 10.8 Å². The van der Waals surface area contributed by atoms with E-state index in [0.29, 0.717) is 0 Å². The average molecular weight is 300 g/mol. The number of aryl methyl sites for hydroxylation is 1. The summed E-state index contributed by atoms with van der Waals surface area (Å²) in [4.78, 5) is 20.1. The smallest absolute Gasteiger partial charge is 0.276 e. The molecule has 0 aliphatic heterocycles. The summed E-state index contributed by atoms with van der Waals surface area (Å²) in [5, 5.41) is 0.841. The Morgan fingerprint density at radius 1 is 1.19 bits per heavy atom. The molecule has 3 nitrogen and oxygen atoms in total. The molecule has 0 saturated heterocycles. The Balaban J connectivity index is 2.04. The maximum absolute atomic E-state index is 12.3. The third kappa shape index (κ3) is 3.00. The van der Waals surface area contributed by atoms with Crippen LogP contribution in [0.1, 0.15) is 36.6 Å². The number of fused-ring (bicyclic) bond motifs is 1. The van der Waals surface area contributed by atoms with Crippen LogP contribution in [-0.4, -0.2) is 11.5 Å². The molecule has 4 heteroatoms. The van der Waals surface area contributed by atoms with Crippen molar-refractivity contribution in [3.8, 4) is 0 Å². The minimum atomic E-state index is -0.0181. The first-order valence-corrected chi connectivity index (χ1v) is 8.46. The van der Waals surface area contributed by atoms with Gasteiger partial charge in [0.25, 0.3) is 5.56 Å². The van der Waals surface area contributed by atoms with E-state index in [1.165, 1.54) is 11.3 Å². The number of hydrogen-bond acceptors (Lipinski definition) is 4. The SMILES string of the molecule is CCCN(c1ccccc1)c1nc(=O)c2c(s1)CCCC2. The molecule has 0 amide bonds. The fraction of sp³-hybridized carbons (Fsp3) is 0.412. The molecule has 3 rings (SSSR count). The average Bonchev–Trinajstić information content (AvgIpc) is 2.53. The Kier molecular flexibility index (Phi) is 4.34. The summed E-state index contributed by atoms with van der Waals surface area (Å²) in [5.74, 6) is 0. The highest BCUT2D eigenvalue weighted by Gasteiger charge is 2.19. The lowest BCUT2D eigenvalue weighted by Gasteiger charge is -2.24. The van der Waals surface area contributed by atoms with Crippen molar-refractivity contribution in [2.24, 2.45) is 0 Å². The topological polar surface area (TPSA) is 33.2 Å². The van der Waals surface area contributed by atoms with Gasteiger partial charge in [0.15, 0.2) is 5.13 Å². The van der Waals surface area contributed by atoms with Gasteiger partial charge in [-0.1, -0.05) is 25.1 Å². The Bertz CT molecular complexity index is 666. The van der Waals surface area contributed by atoms with Crippen molar-refractivity contribution in [2.75, 3.05) is 11.4 Å². The van der Waals surface area contributed by atoms with Crippen LogP contribution < -0.4 is 10.5 Å². The zero-order chi connectivity index (χ0) is 14.7. The zero-order valence-corrected chi connectivity index (χ0v) is 13.2. The molecule has 1 heterocycles. The van der Waals surface area contributed by atoms with Gasteiger partial charge in [-0.05, 0) is 44.2 Å². The van der Waals surface area contributed by atoms with E-state index in [9.17, 15) is 4.79 Å². The van der Waals surface area contributed by atoms with E-state index in [4.69, 9.17) is 0 Å². The lowest BCUT2D eigenvalue weighted by atomic mass is 10.00. The van der Waals surface area contributed by atoms with E-state index in [0.717, 1.165) is 48.6 Å². The van der Waals surface area contributed by atoms with Gasteiger partial charge >= 0.3 is 0 Å². The Hall–Kier alpha value is -1.68. The van der Waals surface area contributed by atoms with Gasteiger partial charge in [-0.3, -0.25) is 4.79 Å². The summed E-state index contributed by atoms with van der Waals surface area (Å²) in [6.45, 7) is 3.03. The van der Waals surface area contributed by atoms with Crippen LogP contribution >= 0.6 is 11.3 Å². The normalized spacial score (nSPS) is 13.8. The third-order valence-corrected chi connectivity index (χ3v) is 5.02. The number of benzene rings is 1. The number of rotatable bonds is 4. The predicted molar refractivity (Wildman–Crippen MR) is 88.8 cm³/mol. The molecule has 0 fully saturated rings. The molecule has 21 heavy (non-hydrogen) atoms. The summed E-state index contributed by atoms with van der Waals surface area (Å²) in [6, 6.07) is 10.2. The molecule has 1 aromatic carbocycles. The molecular formula is C17H20N2OS. The van der Waals surface area contributed by atoms with E-state index >= 15 is 0 Å². The van der Waals surface area contributed by atoms with Crippen LogP contribution in [0.2, 0.25) is 0 Å². The van der Waals surface area contributed by atoms with Gasteiger partial charge in [0, 0.05) is 22.7 Å². The fourth-order valence-electron chi connectivity index (χ4n) is 2.79. The highest BCUT2D eigenvalue weighted by atomic mass is 32.1. The fourth-order valence-corrected chi connectivity index (χ4v) is 4.00. The van der Waals surface area contributed by atoms with Crippen LogP contribution in [-0.2, 0) is 12.8 Å². The van der Waals surface area contributed by atoms with Crippen molar-refractivity contribution in [3.63, 3.8) is 0 Å². The van der Waals surface area contributed by atoms with Gasteiger partial charge in [0.05, 0.1) is 0 Å². The standard InChI is InChI=1S/C17H20N2OS/c1-2-12-19(13-8-4-3-5-9-13)17-18-16(20)14-10-6-7-11-15(14)21-17/h3-5,8-9H,2,6-7,10-12H2,1H3. The van der Waals surface area contributed by atoms with Crippen molar-refractivity contribution >= 4 is 22.2 Å². The number of para-hydroxylation sites is 1. The lowest BCUT2D eigenvalue weighted by molar-refractivity contribution is 0.687. The molecule has 2 aromatic rings. The first-order valence-electron chi connectivity index (χ1n) is 7.65. The van der Waals surface area contributed by atoms with Gasteiger partial charge in [-0.25, -0.2) is 0 Å². The van der Waals surface area contributed by atoms with Crippen molar-refractivity contribution < 1.29 is 0 Å². The largest absolute Gasteiger partial charge is 0.318 e. The van der Waals surface area contributed by atoms with Crippen molar-refractivity contribution in [1.29, 1.82) is 0 Å². The first kappa shape index (κ1) is 14.3. The molecule has 0 bridgehead atoms. The van der Waals surface area contributed by atoms with Crippen LogP contribution in [0.5, 0.6) is 0 Å². The molecular weight excluding hydrogens is 280 g/mol. The number of anilines is 2. The number of aromatic nitrogens is 1. The van der Waals surface area contributed by atoms with Gasteiger partial charge in [-0.2, -0.15) is 4.98 Å². The monoisotopic (exact) mass is 300 g/mol. The first-order chi connectivity index (χ1) is 10.3. The second kappa shape index (κ2) is 6.39. The second-order valence-electron chi connectivity index (χ2n) is 5.40. The molecule has 1 aliphatic rings. The molecule has 0 saturated carbocycles. The minimum Gasteiger partial charge on any atom is -0.318 e. The maximum atomic E-state index is 12.3. The quantitative estimate of drug-likeness (QED) is 0.857. The summed E-state index contributed by atoms with van der Waals surface area (Å²) in [7, 11) is 0. The molecule has 1 aromatic heterocycles. The lowest BCUT2D eigenvalue weighted by Crippen LogP contribution is -2.24. The van der Waals surface area contributed by atoms with Crippen molar-refractivity contribution in [2.45, 2.75) is 39.0 Å². The number of nitrogens with zero attached hydrogens (tertiary/aromatic N) is 2. The van der Waals surface area contributed by atoms with E-state index in [1.54, 1.807) is 11.3 Å². The maximum Gasteiger partial charge on any atom is 0.276 e. The Labute approximate surface area is 129 Å². The molecule has 0 radical (unpaired) electrons. The molecule has 0 atom stereocenters. The molecule has 1 aliphatic carbocycles. The third-order valence-electron chi connectivity index (χ3n) is 3.83. The summed E-state index contributed by atoms with van der Waals surface area (Å²) >= 11 is 1.70.